The number of benzene rings is 1. The first kappa shape index (κ1) is 12.6. The summed E-state index contributed by atoms with van der Waals surface area (Å²) in [5.74, 6) is -1.13. The summed E-state index contributed by atoms with van der Waals surface area (Å²) in [4.78, 5) is 7.73. The lowest BCUT2D eigenvalue weighted by Gasteiger charge is -2.18. The van der Waals surface area contributed by atoms with Gasteiger partial charge in [0.15, 0.2) is 0 Å². The fraction of sp³-hybridized carbons (Fsp3) is 0.231. The van der Waals surface area contributed by atoms with E-state index in [1.165, 1.54) is 30.9 Å². The Hall–Kier alpha value is -1.88. The summed E-state index contributed by atoms with van der Waals surface area (Å²) in [5, 5.41) is 2.88. The summed E-state index contributed by atoms with van der Waals surface area (Å²) < 4.78 is 27.9. The normalized spacial score (nSPS) is 12.4. The maximum Gasteiger partial charge on any atom is 0.134 e. The molecule has 1 aromatic heterocycles. The maximum atomic E-state index is 14.1. The molecule has 0 radical (unpaired) electrons. The number of rotatable bonds is 3. The van der Waals surface area contributed by atoms with E-state index in [9.17, 15) is 8.78 Å². The van der Waals surface area contributed by atoms with E-state index in [0.717, 1.165) is 0 Å². The second-order valence-corrected chi connectivity index (χ2v) is 3.99. The Kier molecular flexibility index (Phi) is 3.62. The van der Waals surface area contributed by atoms with Gasteiger partial charge in [0.05, 0.1) is 6.04 Å². The van der Waals surface area contributed by atoms with Gasteiger partial charge in [0.25, 0.3) is 0 Å². The third kappa shape index (κ3) is 2.22. The molecule has 0 saturated carbocycles. The lowest BCUT2D eigenvalue weighted by atomic mass is 9.98. The highest BCUT2D eigenvalue weighted by Crippen LogP contribution is 2.27. The Balaban J connectivity index is 2.56. The monoisotopic (exact) mass is 249 g/mol. The lowest BCUT2D eigenvalue weighted by molar-refractivity contribution is 0.516. The van der Waals surface area contributed by atoms with Gasteiger partial charge in [-0.25, -0.2) is 18.7 Å². The summed E-state index contributed by atoms with van der Waals surface area (Å²) in [6.07, 6.45) is 4.45. The van der Waals surface area contributed by atoms with Gasteiger partial charge in [-0.3, -0.25) is 0 Å². The summed E-state index contributed by atoms with van der Waals surface area (Å²) >= 11 is 0. The van der Waals surface area contributed by atoms with Crippen LogP contribution in [0.1, 0.15) is 22.7 Å². The molecule has 0 spiro atoms. The van der Waals surface area contributed by atoms with Gasteiger partial charge < -0.3 is 5.32 Å². The molecular formula is C13H13F2N3. The molecule has 0 aliphatic carbocycles. The smallest absolute Gasteiger partial charge is 0.134 e. The molecule has 3 nitrogen and oxygen atoms in total. The van der Waals surface area contributed by atoms with Crippen LogP contribution in [0.15, 0.2) is 30.9 Å². The Labute approximate surface area is 104 Å². The van der Waals surface area contributed by atoms with Crippen molar-refractivity contribution in [2.45, 2.75) is 13.0 Å². The van der Waals surface area contributed by atoms with Crippen molar-refractivity contribution in [2.75, 3.05) is 7.05 Å². The average molecular weight is 249 g/mol. The molecule has 1 heterocycles. The number of nitrogens with one attached hydrogen (secondary N) is 1. The van der Waals surface area contributed by atoms with E-state index < -0.39 is 17.7 Å². The zero-order valence-electron chi connectivity index (χ0n) is 10.1. The number of nitrogens with zero attached hydrogens (tertiary/aromatic N) is 2. The molecule has 0 aliphatic heterocycles. The Morgan fingerprint density at radius 1 is 1.17 bits per heavy atom. The van der Waals surface area contributed by atoms with Crippen molar-refractivity contribution in [1.82, 2.24) is 15.3 Å². The zero-order chi connectivity index (χ0) is 13.1. The fourth-order valence-corrected chi connectivity index (χ4v) is 1.88. The van der Waals surface area contributed by atoms with Crippen molar-refractivity contribution in [3.63, 3.8) is 0 Å². The van der Waals surface area contributed by atoms with E-state index >= 15 is 0 Å². The molecule has 2 aromatic rings. The Morgan fingerprint density at radius 3 is 2.44 bits per heavy atom. The Morgan fingerprint density at radius 2 is 1.83 bits per heavy atom. The molecule has 0 fully saturated rings. The number of hydrogen-bond acceptors (Lipinski definition) is 3. The van der Waals surface area contributed by atoms with Crippen LogP contribution in [0.25, 0.3) is 0 Å². The molecule has 0 saturated heterocycles. The standard InChI is InChI=1S/C13H13F2N3/c1-8-3-4-10(14)11(12(8)15)13(16-2)9-5-17-7-18-6-9/h3-7,13,16H,1-2H3. The van der Waals surface area contributed by atoms with Gasteiger partial charge in [-0.1, -0.05) is 6.07 Å². The van der Waals surface area contributed by atoms with Gasteiger partial charge >= 0.3 is 0 Å². The van der Waals surface area contributed by atoms with E-state index in [2.05, 4.69) is 15.3 Å². The molecule has 0 bridgehead atoms. The summed E-state index contributed by atoms with van der Waals surface area (Å²) in [7, 11) is 1.64. The van der Waals surface area contributed by atoms with E-state index in [1.54, 1.807) is 14.0 Å². The maximum absolute atomic E-state index is 14.1. The number of halogens is 2. The van der Waals surface area contributed by atoms with Gasteiger partial charge in [-0.2, -0.15) is 0 Å². The van der Waals surface area contributed by atoms with E-state index in [-0.39, 0.29) is 5.56 Å². The van der Waals surface area contributed by atoms with Crippen molar-refractivity contribution in [3.8, 4) is 0 Å². The minimum atomic E-state index is -0.605. The van der Waals surface area contributed by atoms with Crippen LogP contribution in [0.4, 0.5) is 8.78 Å². The van der Waals surface area contributed by atoms with Crippen molar-refractivity contribution in [3.05, 3.63) is 59.2 Å². The molecule has 1 unspecified atom stereocenters. The van der Waals surface area contributed by atoms with E-state index in [1.807, 2.05) is 0 Å². The van der Waals surface area contributed by atoms with Crippen molar-refractivity contribution >= 4 is 0 Å². The van der Waals surface area contributed by atoms with Gasteiger partial charge in [0.2, 0.25) is 0 Å². The second-order valence-electron chi connectivity index (χ2n) is 3.99. The number of aromatic nitrogens is 2. The molecule has 1 atom stereocenters. The molecule has 0 amide bonds. The first-order valence-electron chi connectivity index (χ1n) is 5.51. The first-order chi connectivity index (χ1) is 8.65. The molecule has 2 rings (SSSR count). The number of hydrogen-bond donors (Lipinski definition) is 1. The molecule has 94 valence electrons. The van der Waals surface area contributed by atoms with Gasteiger partial charge in [-0.15, -0.1) is 0 Å². The van der Waals surface area contributed by atoms with Crippen LogP contribution in [0.5, 0.6) is 0 Å². The Bertz CT molecular complexity index is 543. The SMILES string of the molecule is CNC(c1cncnc1)c1c(F)ccc(C)c1F. The first-order valence-corrected chi connectivity index (χ1v) is 5.51. The summed E-state index contributed by atoms with van der Waals surface area (Å²) in [6, 6.07) is 2.08. The molecule has 0 aliphatic rings. The summed E-state index contributed by atoms with van der Waals surface area (Å²) in [6.45, 7) is 1.60. The highest BCUT2D eigenvalue weighted by molar-refractivity contribution is 5.34. The van der Waals surface area contributed by atoms with Crippen LogP contribution < -0.4 is 5.32 Å². The fourth-order valence-electron chi connectivity index (χ4n) is 1.88. The topological polar surface area (TPSA) is 37.8 Å². The molecule has 5 heteroatoms. The average Bonchev–Trinajstić information content (AvgIpc) is 2.40. The predicted molar refractivity (Wildman–Crippen MR) is 64.0 cm³/mol. The quantitative estimate of drug-likeness (QED) is 0.907. The van der Waals surface area contributed by atoms with E-state index in [4.69, 9.17) is 0 Å². The molecular weight excluding hydrogens is 236 g/mol. The largest absolute Gasteiger partial charge is 0.309 e. The van der Waals surface area contributed by atoms with Crippen LogP contribution in [0.3, 0.4) is 0 Å². The van der Waals surface area contributed by atoms with Gasteiger partial charge in [0.1, 0.15) is 18.0 Å². The van der Waals surface area contributed by atoms with E-state index in [0.29, 0.717) is 11.1 Å². The molecule has 18 heavy (non-hydrogen) atoms. The highest BCUT2D eigenvalue weighted by atomic mass is 19.1. The third-order valence-corrected chi connectivity index (χ3v) is 2.81. The lowest BCUT2D eigenvalue weighted by Crippen LogP contribution is -2.21. The van der Waals surface area contributed by atoms with Crippen LogP contribution in [-0.2, 0) is 0 Å². The highest BCUT2D eigenvalue weighted by Gasteiger charge is 2.22. The van der Waals surface area contributed by atoms with Crippen molar-refractivity contribution in [1.29, 1.82) is 0 Å². The zero-order valence-corrected chi connectivity index (χ0v) is 10.1. The van der Waals surface area contributed by atoms with Gasteiger partial charge in [0, 0.05) is 23.5 Å². The summed E-state index contributed by atoms with van der Waals surface area (Å²) in [5.41, 5.74) is 1.01. The number of aryl methyl sites for hydroxylation is 1. The van der Waals surface area contributed by atoms with Crippen molar-refractivity contribution in [2.24, 2.45) is 0 Å². The second kappa shape index (κ2) is 5.18. The van der Waals surface area contributed by atoms with Crippen LogP contribution in [0.2, 0.25) is 0 Å². The van der Waals surface area contributed by atoms with Crippen LogP contribution in [-0.4, -0.2) is 17.0 Å². The van der Waals surface area contributed by atoms with Crippen LogP contribution in [0, 0.1) is 18.6 Å². The molecule has 1 N–H and O–H groups in total. The minimum Gasteiger partial charge on any atom is -0.309 e. The van der Waals surface area contributed by atoms with Crippen molar-refractivity contribution < 1.29 is 8.78 Å². The van der Waals surface area contributed by atoms with Crippen LogP contribution >= 0.6 is 0 Å². The minimum absolute atomic E-state index is 0.00713. The third-order valence-electron chi connectivity index (χ3n) is 2.81. The predicted octanol–water partition coefficient (Wildman–Crippen LogP) is 2.37. The van der Waals surface area contributed by atoms with Gasteiger partial charge in [-0.05, 0) is 25.6 Å². The molecule has 1 aromatic carbocycles.